The zero-order chi connectivity index (χ0) is 20.0. The van der Waals surface area contributed by atoms with Crippen molar-refractivity contribution in [2.45, 2.75) is 11.4 Å². The second kappa shape index (κ2) is 8.58. The van der Waals surface area contributed by atoms with Gasteiger partial charge in [0.2, 0.25) is 0 Å². The lowest BCUT2D eigenvalue weighted by molar-refractivity contribution is -0.134. The summed E-state index contributed by atoms with van der Waals surface area (Å²) >= 11 is 0. The zero-order valence-electron chi connectivity index (χ0n) is 14.9. The van der Waals surface area contributed by atoms with E-state index in [2.05, 4.69) is 5.32 Å². The Balaban J connectivity index is 1.63. The van der Waals surface area contributed by atoms with Crippen LogP contribution in [0.15, 0.2) is 83.8 Å². The Labute approximate surface area is 163 Å². The number of hydrogen-bond donors (Lipinski definition) is 2. The Morgan fingerprint density at radius 1 is 0.893 bits per heavy atom. The lowest BCUT2D eigenvalue weighted by Crippen LogP contribution is -2.15. The van der Waals surface area contributed by atoms with Crippen molar-refractivity contribution in [2.75, 3.05) is 11.1 Å². The molecule has 0 fully saturated rings. The SMILES string of the molecule is O=C(O)CS(=O)(=O)c1ccc(NCc2cccc(Oc3ccccc3)c2)cc1. The van der Waals surface area contributed by atoms with Gasteiger partial charge in [-0.1, -0.05) is 30.3 Å². The first kappa shape index (κ1) is 19.4. The van der Waals surface area contributed by atoms with Crippen molar-refractivity contribution < 1.29 is 23.1 Å². The van der Waals surface area contributed by atoms with E-state index in [0.29, 0.717) is 6.54 Å². The van der Waals surface area contributed by atoms with Crippen LogP contribution < -0.4 is 10.1 Å². The number of carboxylic acids is 1. The summed E-state index contributed by atoms with van der Waals surface area (Å²) in [5, 5.41) is 11.9. The van der Waals surface area contributed by atoms with Crippen LogP contribution in [0, 0.1) is 0 Å². The third-order valence-electron chi connectivity index (χ3n) is 3.90. The van der Waals surface area contributed by atoms with Gasteiger partial charge < -0.3 is 15.2 Å². The van der Waals surface area contributed by atoms with Crippen LogP contribution in [0.3, 0.4) is 0 Å². The lowest BCUT2D eigenvalue weighted by atomic mass is 10.2. The Bertz CT molecular complexity index is 1050. The standard InChI is InChI=1S/C21H19NO5S/c23-21(24)15-28(25,26)20-11-9-17(10-12-20)22-14-16-5-4-8-19(13-16)27-18-6-2-1-3-7-18/h1-13,22H,14-15H2,(H,23,24). The second-order valence-electron chi connectivity index (χ2n) is 6.09. The van der Waals surface area contributed by atoms with Crippen LogP contribution in [0.2, 0.25) is 0 Å². The number of carbonyl (C=O) groups is 1. The van der Waals surface area contributed by atoms with Crippen LogP contribution >= 0.6 is 0 Å². The van der Waals surface area contributed by atoms with Crippen LogP contribution in [0.4, 0.5) is 5.69 Å². The van der Waals surface area contributed by atoms with Gasteiger partial charge in [-0.25, -0.2) is 8.42 Å². The Hall–Kier alpha value is -3.32. The van der Waals surface area contributed by atoms with Gasteiger partial charge in [-0.3, -0.25) is 4.79 Å². The van der Waals surface area contributed by atoms with Gasteiger partial charge in [-0.15, -0.1) is 0 Å². The fourth-order valence-corrected chi connectivity index (χ4v) is 3.62. The number of benzene rings is 3. The third kappa shape index (κ3) is 5.34. The molecular weight excluding hydrogens is 378 g/mol. The van der Waals surface area contributed by atoms with Crippen molar-refractivity contribution in [2.24, 2.45) is 0 Å². The zero-order valence-corrected chi connectivity index (χ0v) is 15.7. The van der Waals surface area contributed by atoms with E-state index in [1.54, 1.807) is 12.1 Å². The molecule has 0 atom stereocenters. The minimum Gasteiger partial charge on any atom is -0.480 e. The molecule has 0 bridgehead atoms. The molecule has 6 nitrogen and oxygen atoms in total. The van der Waals surface area contributed by atoms with Crippen molar-refractivity contribution in [1.29, 1.82) is 0 Å². The number of nitrogens with one attached hydrogen (secondary N) is 1. The molecule has 0 radical (unpaired) electrons. The number of hydrogen-bond acceptors (Lipinski definition) is 5. The molecule has 3 aromatic carbocycles. The van der Waals surface area contributed by atoms with E-state index in [1.165, 1.54) is 12.1 Å². The Morgan fingerprint density at radius 3 is 2.25 bits per heavy atom. The molecule has 0 saturated carbocycles. The minimum atomic E-state index is -3.82. The summed E-state index contributed by atoms with van der Waals surface area (Å²) in [7, 11) is -3.82. The molecule has 3 rings (SSSR count). The molecule has 7 heteroatoms. The van der Waals surface area contributed by atoms with E-state index < -0.39 is 21.6 Å². The van der Waals surface area contributed by atoms with E-state index >= 15 is 0 Å². The summed E-state index contributed by atoms with van der Waals surface area (Å²) in [6, 6.07) is 23.2. The number of rotatable bonds is 8. The van der Waals surface area contributed by atoms with Gasteiger partial charge in [-0.05, 0) is 54.1 Å². The van der Waals surface area contributed by atoms with Crippen LogP contribution in [-0.4, -0.2) is 25.2 Å². The fourth-order valence-electron chi connectivity index (χ4n) is 2.57. The van der Waals surface area contributed by atoms with Gasteiger partial charge in [-0.2, -0.15) is 0 Å². The van der Waals surface area contributed by atoms with E-state index in [-0.39, 0.29) is 4.90 Å². The summed E-state index contributed by atoms with van der Waals surface area (Å²) in [6.45, 7) is 0.521. The molecule has 0 unspecified atom stereocenters. The van der Waals surface area contributed by atoms with Crippen LogP contribution in [0.25, 0.3) is 0 Å². The maximum Gasteiger partial charge on any atom is 0.319 e. The van der Waals surface area contributed by atoms with Gasteiger partial charge in [0.15, 0.2) is 15.6 Å². The van der Waals surface area contributed by atoms with Gasteiger partial charge in [0, 0.05) is 12.2 Å². The number of para-hydroxylation sites is 1. The number of anilines is 1. The van der Waals surface area contributed by atoms with Gasteiger partial charge in [0.25, 0.3) is 0 Å². The number of carboxylic acid groups (broad SMARTS) is 1. The predicted octanol–water partition coefficient (Wildman–Crippen LogP) is 3.95. The summed E-state index contributed by atoms with van der Waals surface area (Å²) in [4.78, 5) is 10.6. The summed E-state index contributed by atoms with van der Waals surface area (Å²) in [6.07, 6.45) is 0. The topological polar surface area (TPSA) is 92.7 Å². The maximum absolute atomic E-state index is 11.9. The Kier molecular flexibility index (Phi) is 5.96. The second-order valence-corrected chi connectivity index (χ2v) is 8.08. The molecule has 0 saturated heterocycles. The number of aliphatic carboxylic acids is 1. The van der Waals surface area contributed by atoms with Crippen LogP contribution in [0.5, 0.6) is 11.5 Å². The first-order valence-corrected chi connectivity index (χ1v) is 10.2. The van der Waals surface area contributed by atoms with Crippen molar-refractivity contribution in [3.8, 4) is 11.5 Å². The molecule has 3 aromatic rings. The molecule has 144 valence electrons. The molecule has 0 aromatic heterocycles. The highest BCUT2D eigenvalue weighted by Crippen LogP contribution is 2.22. The third-order valence-corrected chi connectivity index (χ3v) is 5.52. The van der Waals surface area contributed by atoms with Crippen molar-refractivity contribution in [3.63, 3.8) is 0 Å². The first-order valence-electron chi connectivity index (χ1n) is 8.53. The summed E-state index contributed by atoms with van der Waals surface area (Å²) < 4.78 is 29.6. The first-order chi connectivity index (χ1) is 13.4. The molecule has 28 heavy (non-hydrogen) atoms. The molecule has 0 amide bonds. The maximum atomic E-state index is 11.9. The molecule has 0 heterocycles. The summed E-state index contributed by atoms with van der Waals surface area (Å²) in [5.74, 6) is -0.820. The van der Waals surface area contributed by atoms with Crippen molar-refractivity contribution in [3.05, 3.63) is 84.4 Å². The molecule has 0 spiro atoms. The Morgan fingerprint density at radius 2 is 1.57 bits per heavy atom. The highest BCUT2D eigenvalue weighted by Gasteiger charge is 2.18. The quantitative estimate of drug-likeness (QED) is 0.598. The van der Waals surface area contributed by atoms with Gasteiger partial charge >= 0.3 is 5.97 Å². The predicted molar refractivity (Wildman–Crippen MR) is 106 cm³/mol. The molecule has 0 aliphatic heterocycles. The number of sulfone groups is 1. The van der Waals surface area contributed by atoms with Crippen molar-refractivity contribution in [1.82, 2.24) is 0 Å². The normalized spacial score (nSPS) is 11.0. The van der Waals surface area contributed by atoms with Crippen molar-refractivity contribution >= 4 is 21.5 Å². The molecule has 0 aliphatic carbocycles. The summed E-state index contributed by atoms with van der Waals surface area (Å²) in [5.41, 5.74) is 1.72. The van der Waals surface area contributed by atoms with E-state index in [4.69, 9.17) is 9.84 Å². The smallest absolute Gasteiger partial charge is 0.319 e. The average molecular weight is 397 g/mol. The largest absolute Gasteiger partial charge is 0.480 e. The molecule has 0 aliphatic rings. The fraction of sp³-hybridized carbons (Fsp3) is 0.0952. The van der Waals surface area contributed by atoms with E-state index in [1.807, 2.05) is 54.6 Å². The van der Waals surface area contributed by atoms with E-state index in [9.17, 15) is 13.2 Å². The van der Waals surface area contributed by atoms with Gasteiger partial charge in [0.05, 0.1) is 4.90 Å². The molecular formula is C21H19NO5S. The highest BCUT2D eigenvalue weighted by molar-refractivity contribution is 7.92. The van der Waals surface area contributed by atoms with Gasteiger partial charge in [0.1, 0.15) is 11.5 Å². The van der Waals surface area contributed by atoms with Crippen LogP contribution in [-0.2, 0) is 21.2 Å². The average Bonchev–Trinajstić information content (AvgIpc) is 2.67. The number of ether oxygens (including phenoxy) is 1. The van der Waals surface area contributed by atoms with E-state index in [0.717, 1.165) is 22.7 Å². The lowest BCUT2D eigenvalue weighted by Gasteiger charge is -2.10. The monoisotopic (exact) mass is 397 g/mol. The minimum absolute atomic E-state index is 0.0151. The van der Waals surface area contributed by atoms with Crippen LogP contribution in [0.1, 0.15) is 5.56 Å². The molecule has 2 N–H and O–H groups in total. The highest BCUT2D eigenvalue weighted by atomic mass is 32.2.